The van der Waals surface area contributed by atoms with Crippen LogP contribution >= 0.6 is 0 Å². The van der Waals surface area contributed by atoms with Crippen LogP contribution in [0.1, 0.15) is 11.5 Å². The number of hydrogen-bond acceptors (Lipinski definition) is 4. The highest BCUT2D eigenvalue weighted by Crippen LogP contribution is 2.21. The molecule has 0 aliphatic heterocycles. The molecular formula is C10H13F2NO3S. The van der Waals surface area contributed by atoms with E-state index in [-0.39, 0.29) is 19.1 Å². The second-order valence-electron chi connectivity index (χ2n) is 3.49. The lowest BCUT2D eigenvalue weighted by atomic mass is 10.0. The number of aliphatic hydroxyl groups excluding tert-OH is 1. The molecule has 1 atom stereocenters. The second kappa shape index (κ2) is 5.52. The Morgan fingerprint density at radius 2 is 1.76 bits per heavy atom. The lowest BCUT2D eigenvalue weighted by Crippen LogP contribution is -2.16. The van der Waals surface area contributed by atoms with Crippen molar-refractivity contribution in [2.45, 2.75) is 16.6 Å². The fraction of sp³-hybridized carbons (Fsp3) is 0.400. The SMILES string of the molecule is NCC(CO)c1ccc(S(=O)(=O)C(F)F)cc1. The van der Waals surface area contributed by atoms with E-state index in [0.29, 0.717) is 5.56 Å². The molecule has 0 amide bonds. The van der Waals surface area contributed by atoms with E-state index in [9.17, 15) is 17.2 Å². The Balaban J connectivity index is 3.04. The third-order valence-electron chi connectivity index (χ3n) is 2.42. The van der Waals surface area contributed by atoms with Crippen LogP contribution in [0.2, 0.25) is 0 Å². The van der Waals surface area contributed by atoms with Gasteiger partial charge in [-0.2, -0.15) is 8.78 Å². The molecule has 0 bridgehead atoms. The molecule has 17 heavy (non-hydrogen) atoms. The van der Waals surface area contributed by atoms with Crippen molar-refractivity contribution >= 4 is 9.84 Å². The molecule has 7 heteroatoms. The standard InChI is InChI=1S/C10H13F2NO3S/c11-10(12)17(15,16)9-3-1-7(2-4-9)8(5-13)6-14/h1-4,8,10,14H,5-6,13H2. The van der Waals surface area contributed by atoms with Crippen LogP contribution in [0.25, 0.3) is 0 Å². The predicted octanol–water partition coefficient (Wildman–Crippen LogP) is 0.718. The molecular weight excluding hydrogens is 252 g/mol. The Morgan fingerprint density at radius 1 is 1.24 bits per heavy atom. The molecule has 0 saturated heterocycles. The third kappa shape index (κ3) is 2.99. The molecule has 3 N–H and O–H groups in total. The summed E-state index contributed by atoms with van der Waals surface area (Å²) in [7, 11) is -4.56. The van der Waals surface area contributed by atoms with Gasteiger partial charge in [0.05, 0.1) is 11.5 Å². The number of rotatable bonds is 5. The van der Waals surface area contributed by atoms with Crippen molar-refractivity contribution in [1.82, 2.24) is 0 Å². The van der Waals surface area contributed by atoms with Crippen molar-refractivity contribution in [3.63, 3.8) is 0 Å². The topological polar surface area (TPSA) is 80.4 Å². The van der Waals surface area contributed by atoms with Gasteiger partial charge in [0.1, 0.15) is 0 Å². The summed E-state index contributed by atoms with van der Waals surface area (Å²) in [6.07, 6.45) is 0. The Bertz CT molecular complexity index is 455. The van der Waals surface area contributed by atoms with Gasteiger partial charge >= 0.3 is 5.76 Å². The monoisotopic (exact) mass is 265 g/mol. The molecule has 0 heterocycles. The van der Waals surface area contributed by atoms with E-state index in [1.54, 1.807) is 0 Å². The predicted molar refractivity (Wildman–Crippen MR) is 58.5 cm³/mol. The van der Waals surface area contributed by atoms with Gasteiger partial charge in [0, 0.05) is 12.5 Å². The molecule has 1 aromatic rings. The minimum absolute atomic E-state index is 0.183. The highest BCUT2D eigenvalue weighted by atomic mass is 32.2. The van der Waals surface area contributed by atoms with E-state index in [0.717, 1.165) is 12.1 Å². The molecule has 4 nitrogen and oxygen atoms in total. The number of sulfone groups is 1. The summed E-state index contributed by atoms with van der Waals surface area (Å²) in [6.45, 7) is 0.00882. The quantitative estimate of drug-likeness (QED) is 0.822. The van der Waals surface area contributed by atoms with Crippen LogP contribution in [-0.4, -0.2) is 32.4 Å². The number of alkyl halides is 2. The molecule has 0 radical (unpaired) electrons. The summed E-state index contributed by atoms with van der Waals surface area (Å²) >= 11 is 0. The number of aliphatic hydroxyl groups is 1. The molecule has 0 fully saturated rings. The fourth-order valence-corrected chi connectivity index (χ4v) is 2.07. The molecule has 96 valence electrons. The van der Waals surface area contributed by atoms with E-state index in [2.05, 4.69) is 0 Å². The zero-order valence-corrected chi connectivity index (χ0v) is 9.70. The summed E-state index contributed by atoms with van der Waals surface area (Å²) < 4.78 is 46.7. The summed E-state index contributed by atoms with van der Waals surface area (Å²) in [5.74, 6) is -3.75. The van der Waals surface area contributed by atoms with Gasteiger partial charge in [-0.15, -0.1) is 0 Å². The second-order valence-corrected chi connectivity index (χ2v) is 5.41. The first-order chi connectivity index (χ1) is 7.93. The van der Waals surface area contributed by atoms with E-state index in [1.807, 2.05) is 0 Å². The van der Waals surface area contributed by atoms with Crippen molar-refractivity contribution in [1.29, 1.82) is 0 Å². The summed E-state index contributed by atoms with van der Waals surface area (Å²) in [6, 6.07) is 4.94. The van der Waals surface area contributed by atoms with E-state index in [4.69, 9.17) is 10.8 Å². The molecule has 0 aromatic heterocycles. The Labute approximate surface area is 98.0 Å². The van der Waals surface area contributed by atoms with Gasteiger partial charge in [-0.1, -0.05) is 12.1 Å². The minimum atomic E-state index is -4.56. The van der Waals surface area contributed by atoms with Crippen molar-refractivity contribution < 1.29 is 22.3 Å². The van der Waals surface area contributed by atoms with Gasteiger partial charge in [-0.25, -0.2) is 8.42 Å². The van der Waals surface area contributed by atoms with Crippen molar-refractivity contribution in [2.75, 3.05) is 13.2 Å². The van der Waals surface area contributed by atoms with Gasteiger partial charge in [-0.05, 0) is 17.7 Å². The largest absolute Gasteiger partial charge is 0.396 e. The first-order valence-corrected chi connectivity index (χ1v) is 6.41. The van der Waals surface area contributed by atoms with E-state index in [1.165, 1.54) is 12.1 Å². The first kappa shape index (κ1) is 14.0. The maximum absolute atomic E-state index is 12.2. The Hall–Kier alpha value is -1.05. The molecule has 0 spiro atoms. The molecule has 1 rings (SSSR count). The average molecular weight is 265 g/mol. The summed E-state index contributed by atoms with van der Waals surface area (Å²) in [4.78, 5) is -0.440. The van der Waals surface area contributed by atoms with Crippen molar-refractivity contribution in [2.24, 2.45) is 5.73 Å². The average Bonchev–Trinajstić information content (AvgIpc) is 2.31. The van der Waals surface area contributed by atoms with E-state index >= 15 is 0 Å². The Kier molecular flexibility index (Phi) is 4.55. The maximum Gasteiger partial charge on any atom is 0.341 e. The van der Waals surface area contributed by atoms with Crippen LogP contribution in [0.3, 0.4) is 0 Å². The van der Waals surface area contributed by atoms with Crippen LogP contribution in [0, 0.1) is 0 Å². The van der Waals surface area contributed by atoms with Crippen LogP contribution in [0.15, 0.2) is 29.2 Å². The number of benzene rings is 1. The molecule has 1 aromatic carbocycles. The maximum atomic E-state index is 12.2. The molecule has 0 aliphatic carbocycles. The highest BCUT2D eigenvalue weighted by molar-refractivity contribution is 7.91. The molecule has 0 aliphatic rings. The van der Waals surface area contributed by atoms with Gasteiger partial charge in [0.25, 0.3) is 0 Å². The third-order valence-corrected chi connectivity index (χ3v) is 3.82. The smallest absolute Gasteiger partial charge is 0.341 e. The van der Waals surface area contributed by atoms with Crippen molar-refractivity contribution in [3.05, 3.63) is 29.8 Å². The highest BCUT2D eigenvalue weighted by Gasteiger charge is 2.26. The zero-order chi connectivity index (χ0) is 13.1. The van der Waals surface area contributed by atoms with Crippen LogP contribution < -0.4 is 5.73 Å². The first-order valence-electron chi connectivity index (χ1n) is 4.86. The van der Waals surface area contributed by atoms with Crippen LogP contribution in [0.5, 0.6) is 0 Å². The number of halogens is 2. The van der Waals surface area contributed by atoms with Gasteiger partial charge < -0.3 is 10.8 Å². The lowest BCUT2D eigenvalue weighted by molar-refractivity contribution is 0.234. The van der Waals surface area contributed by atoms with Gasteiger partial charge in [-0.3, -0.25) is 0 Å². The number of hydrogen-bond donors (Lipinski definition) is 2. The normalized spacial score (nSPS) is 13.9. The Morgan fingerprint density at radius 3 is 2.12 bits per heavy atom. The summed E-state index contributed by atoms with van der Waals surface area (Å²) in [5.41, 5.74) is 6.00. The minimum Gasteiger partial charge on any atom is -0.396 e. The molecule has 1 unspecified atom stereocenters. The van der Waals surface area contributed by atoms with Gasteiger partial charge in [0.15, 0.2) is 0 Å². The summed E-state index contributed by atoms with van der Waals surface area (Å²) in [5, 5.41) is 8.98. The van der Waals surface area contributed by atoms with Crippen molar-refractivity contribution in [3.8, 4) is 0 Å². The molecule has 0 saturated carbocycles. The van der Waals surface area contributed by atoms with Gasteiger partial charge in [0.2, 0.25) is 9.84 Å². The van der Waals surface area contributed by atoms with Crippen LogP contribution in [-0.2, 0) is 9.84 Å². The van der Waals surface area contributed by atoms with Crippen LogP contribution in [0.4, 0.5) is 8.78 Å². The van der Waals surface area contributed by atoms with E-state index < -0.39 is 20.5 Å². The number of nitrogens with two attached hydrogens (primary N) is 1. The fourth-order valence-electron chi connectivity index (χ4n) is 1.35. The zero-order valence-electron chi connectivity index (χ0n) is 8.88. The lowest BCUT2D eigenvalue weighted by Gasteiger charge is -2.12.